The van der Waals surface area contributed by atoms with Crippen LogP contribution in [0.4, 0.5) is 5.69 Å². The van der Waals surface area contributed by atoms with E-state index in [2.05, 4.69) is 0 Å². The summed E-state index contributed by atoms with van der Waals surface area (Å²) in [5, 5.41) is 1.00. The van der Waals surface area contributed by atoms with Crippen LogP contribution in [-0.2, 0) is 39.8 Å². The van der Waals surface area contributed by atoms with Gasteiger partial charge in [0.1, 0.15) is 0 Å². The molecule has 0 aromatic carbocycles. The number of fused-ring (bicyclic) bond motifs is 1. The Bertz CT molecular complexity index is 1060. The van der Waals surface area contributed by atoms with Crippen molar-refractivity contribution in [3.05, 3.63) is 41.0 Å². The number of esters is 2. The largest absolute Gasteiger partial charge is 0.462 e. The van der Waals surface area contributed by atoms with Gasteiger partial charge in [0.25, 0.3) is 5.91 Å². The van der Waals surface area contributed by atoms with Gasteiger partial charge < -0.3 is 29.6 Å². The third kappa shape index (κ3) is 8.37. The molecule has 2 aliphatic rings. The third-order valence-corrected chi connectivity index (χ3v) is 5.83. The van der Waals surface area contributed by atoms with Crippen molar-refractivity contribution >= 4 is 29.4 Å². The van der Waals surface area contributed by atoms with Crippen LogP contribution in [0.25, 0.3) is 11.1 Å². The Kier molecular flexibility index (Phi) is 12.6. The number of nitrogen functional groups attached to an aromatic ring is 1. The highest BCUT2D eigenvalue weighted by molar-refractivity contribution is 6.15. The molecule has 0 bridgehead atoms. The molecule has 0 radical (unpaired) electrons. The number of anilines is 1. The van der Waals surface area contributed by atoms with Crippen molar-refractivity contribution in [1.82, 2.24) is 9.96 Å². The maximum atomic E-state index is 12.8. The fourth-order valence-electron chi connectivity index (χ4n) is 3.80. The van der Waals surface area contributed by atoms with Gasteiger partial charge in [-0.1, -0.05) is 24.3 Å². The molecule has 0 atom stereocenters. The molecule has 12 nitrogen and oxygen atoms in total. The van der Waals surface area contributed by atoms with E-state index in [1.807, 2.05) is 0 Å². The molecule has 214 valence electrons. The predicted octanol–water partition coefficient (Wildman–Crippen LogP) is 1.78. The van der Waals surface area contributed by atoms with E-state index in [1.165, 1.54) is 11.9 Å². The summed E-state index contributed by atoms with van der Waals surface area (Å²) < 4.78 is 20.4. The third-order valence-electron chi connectivity index (χ3n) is 5.83. The topological polar surface area (TPSA) is 147 Å². The van der Waals surface area contributed by atoms with E-state index in [0.29, 0.717) is 43.0 Å². The summed E-state index contributed by atoms with van der Waals surface area (Å²) in [6.45, 7) is 4.69. The average Bonchev–Trinajstić information content (AvgIpc) is 3.04. The van der Waals surface area contributed by atoms with E-state index in [1.54, 1.807) is 52.3 Å². The van der Waals surface area contributed by atoms with Gasteiger partial charge in [0, 0.05) is 34.4 Å². The average molecular weight is 548 g/mol. The van der Waals surface area contributed by atoms with Crippen LogP contribution in [0, 0.1) is 0 Å². The second kappa shape index (κ2) is 15.6. The van der Waals surface area contributed by atoms with Crippen LogP contribution in [0.1, 0.15) is 40.1 Å². The van der Waals surface area contributed by atoms with Gasteiger partial charge in [0.05, 0.1) is 49.7 Å². The van der Waals surface area contributed by atoms with Crippen LogP contribution in [0.3, 0.4) is 0 Å². The summed E-state index contributed by atoms with van der Waals surface area (Å²) in [7, 11) is 4.50. The number of hydroxylamine groups is 2. The number of hydrogen-bond acceptors (Lipinski definition) is 10. The standard InChI is InChI=1S/C27H37N3O9/c1-6-37-26(33)23-19-10-8-18(9-11-20(19)24(25(23)28)27(34)38-7-2)16-21(31)29(3)39-17-22(32)30(12-14-35-4)13-15-36-5/h8-11H,6-7,12-17,28H2,1-5H3. The monoisotopic (exact) mass is 547 g/mol. The Hall–Kier alpha value is -3.74. The van der Waals surface area contributed by atoms with E-state index in [-0.39, 0.29) is 49.0 Å². The van der Waals surface area contributed by atoms with E-state index in [9.17, 15) is 19.2 Å². The first-order valence-electron chi connectivity index (χ1n) is 12.5. The second-order valence-electron chi connectivity index (χ2n) is 8.38. The van der Waals surface area contributed by atoms with Gasteiger partial charge in [-0.25, -0.2) is 14.7 Å². The zero-order chi connectivity index (χ0) is 28.9. The second-order valence-corrected chi connectivity index (χ2v) is 8.38. The van der Waals surface area contributed by atoms with E-state index >= 15 is 0 Å². The molecule has 12 heteroatoms. The molecule has 2 amide bonds. The normalized spacial score (nSPS) is 10.8. The molecule has 0 heterocycles. The first kappa shape index (κ1) is 31.5. The number of ether oxygens (including phenoxy) is 4. The van der Waals surface area contributed by atoms with Gasteiger partial charge in [-0.15, -0.1) is 0 Å². The van der Waals surface area contributed by atoms with Gasteiger partial charge in [-0.3, -0.25) is 14.4 Å². The Labute approximate surface area is 228 Å². The molecule has 2 rings (SSSR count). The number of hydrogen-bond donors (Lipinski definition) is 1. The molecule has 0 saturated heterocycles. The van der Waals surface area contributed by atoms with Crippen LogP contribution >= 0.6 is 0 Å². The molecular weight excluding hydrogens is 510 g/mol. The molecule has 0 aromatic heterocycles. The Morgan fingerprint density at radius 2 is 1.28 bits per heavy atom. The van der Waals surface area contributed by atoms with E-state index in [0.717, 1.165) is 5.06 Å². The summed E-state index contributed by atoms with van der Waals surface area (Å²) >= 11 is 0. The summed E-state index contributed by atoms with van der Waals surface area (Å²) in [6.07, 6.45) is -0.0714. The quantitative estimate of drug-likeness (QED) is 0.258. The summed E-state index contributed by atoms with van der Waals surface area (Å²) in [4.78, 5) is 57.6. The molecule has 0 fully saturated rings. The van der Waals surface area contributed by atoms with E-state index < -0.39 is 17.8 Å². The van der Waals surface area contributed by atoms with Crippen molar-refractivity contribution in [1.29, 1.82) is 0 Å². The first-order chi connectivity index (χ1) is 18.7. The van der Waals surface area contributed by atoms with Gasteiger partial charge in [-0.2, -0.15) is 0 Å². The lowest BCUT2D eigenvalue weighted by molar-refractivity contribution is -0.183. The van der Waals surface area contributed by atoms with Crippen molar-refractivity contribution in [2.45, 2.75) is 20.3 Å². The fraction of sp³-hybridized carbons (Fsp3) is 0.481. The molecule has 2 N–H and O–H groups in total. The lowest BCUT2D eigenvalue weighted by Crippen LogP contribution is -2.41. The number of carbonyl (C=O) groups is 4. The summed E-state index contributed by atoms with van der Waals surface area (Å²) in [6, 6.07) is 6.51. The predicted molar refractivity (Wildman–Crippen MR) is 142 cm³/mol. The zero-order valence-corrected chi connectivity index (χ0v) is 23.1. The molecule has 0 aliphatic heterocycles. The maximum absolute atomic E-state index is 12.8. The van der Waals surface area contributed by atoms with Crippen LogP contribution in [-0.4, -0.2) is 101 Å². The molecule has 39 heavy (non-hydrogen) atoms. The van der Waals surface area contributed by atoms with Gasteiger partial charge in [-0.05, 0) is 30.5 Å². The fourth-order valence-corrected chi connectivity index (χ4v) is 3.80. The van der Waals surface area contributed by atoms with Crippen molar-refractivity contribution < 1.29 is 43.0 Å². The lowest BCUT2D eigenvalue weighted by atomic mass is 10.1. The highest BCUT2D eigenvalue weighted by atomic mass is 16.7. The number of rotatable bonds is 15. The van der Waals surface area contributed by atoms with Crippen molar-refractivity contribution in [3.8, 4) is 11.1 Å². The SMILES string of the molecule is CCOC(=O)c1c2ccc(CC(=O)N(C)OCC(=O)N(CCOC)CCOC)ccc-2c(C(=O)OCC)c1N. The minimum atomic E-state index is -0.665. The smallest absolute Gasteiger partial charge is 0.340 e. The number of amides is 2. The first-order valence-corrected chi connectivity index (χ1v) is 12.5. The Morgan fingerprint density at radius 1 is 0.795 bits per heavy atom. The number of methoxy groups -OCH3 is 2. The molecule has 0 spiro atoms. The van der Waals surface area contributed by atoms with Crippen molar-refractivity contribution in [3.63, 3.8) is 0 Å². The molecule has 0 unspecified atom stereocenters. The van der Waals surface area contributed by atoms with Gasteiger partial charge in [0.2, 0.25) is 5.91 Å². The highest BCUT2D eigenvalue weighted by Crippen LogP contribution is 2.39. The number of carbonyl (C=O) groups excluding carboxylic acids is 4. The summed E-state index contributed by atoms with van der Waals surface area (Å²) in [5.74, 6) is -2.06. The van der Waals surface area contributed by atoms with Crippen molar-refractivity contribution in [2.75, 3.05) is 73.1 Å². The van der Waals surface area contributed by atoms with Gasteiger partial charge in [0.15, 0.2) is 6.61 Å². The Morgan fingerprint density at radius 3 is 1.72 bits per heavy atom. The van der Waals surface area contributed by atoms with Crippen molar-refractivity contribution in [2.24, 2.45) is 0 Å². The van der Waals surface area contributed by atoms with Crippen LogP contribution in [0.15, 0.2) is 24.3 Å². The lowest BCUT2D eigenvalue weighted by Gasteiger charge is -2.23. The maximum Gasteiger partial charge on any atom is 0.340 e. The van der Waals surface area contributed by atoms with E-state index in [4.69, 9.17) is 29.5 Å². The number of nitrogens with zero attached hydrogens (tertiary/aromatic N) is 2. The minimum absolute atomic E-state index is 0.0198. The number of likely N-dealkylation sites (N-methyl/N-ethyl adjacent to an activating group) is 1. The molecular formula is C27H37N3O9. The Balaban J connectivity index is 2.21. The van der Waals surface area contributed by atoms with Gasteiger partial charge >= 0.3 is 11.9 Å². The zero-order valence-electron chi connectivity index (χ0n) is 23.1. The highest BCUT2D eigenvalue weighted by Gasteiger charge is 2.30. The van der Waals surface area contributed by atoms with Crippen LogP contribution in [0.2, 0.25) is 0 Å². The van der Waals surface area contributed by atoms with Crippen LogP contribution < -0.4 is 5.73 Å². The number of nitrogens with two attached hydrogens (primary N) is 1. The summed E-state index contributed by atoms with van der Waals surface area (Å²) in [5.41, 5.74) is 7.66. The minimum Gasteiger partial charge on any atom is -0.462 e. The van der Waals surface area contributed by atoms with Crippen LogP contribution in [0.5, 0.6) is 0 Å². The molecule has 0 saturated carbocycles. The molecule has 0 aromatic rings. The molecule has 2 aliphatic carbocycles.